The van der Waals surface area contributed by atoms with Gasteiger partial charge in [-0.15, -0.1) is 0 Å². The van der Waals surface area contributed by atoms with Crippen LogP contribution >= 0.6 is 0 Å². The maximum atomic E-state index is 13.1. The maximum Gasteiger partial charge on any atom is 0.337 e. The minimum atomic E-state index is -0.667. The molecule has 168 valence electrons. The first kappa shape index (κ1) is 22.9. The third kappa shape index (κ3) is 5.29. The molecule has 0 bridgehead atoms. The fraction of sp³-hybridized carbons (Fsp3) is 0.304. The van der Waals surface area contributed by atoms with E-state index in [1.165, 1.54) is 56.7 Å². The molecule has 9 heteroatoms. The van der Waals surface area contributed by atoms with Gasteiger partial charge in [0.2, 0.25) is 5.91 Å². The summed E-state index contributed by atoms with van der Waals surface area (Å²) in [6.45, 7) is 0.687. The SMILES string of the molecule is COC(=O)c1cc(NC(=O)C2CCCN(C(=O)c3ccc(F)cc3)C2)cc(C(=O)OC)c1. The average Bonchev–Trinajstić information content (AvgIpc) is 2.82. The average molecular weight is 442 g/mol. The largest absolute Gasteiger partial charge is 0.465 e. The Labute approximate surface area is 184 Å². The van der Waals surface area contributed by atoms with Gasteiger partial charge in [-0.25, -0.2) is 14.0 Å². The molecule has 1 atom stereocenters. The third-order valence-electron chi connectivity index (χ3n) is 5.21. The van der Waals surface area contributed by atoms with Gasteiger partial charge in [-0.2, -0.15) is 0 Å². The number of carbonyl (C=O) groups excluding carboxylic acids is 4. The Balaban J connectivity index is 1.74. The zero-order valence-corrected chi connectivity index (χ0v) is 17.7. The molecule has 32 heavy (non-hydrogen) atoms. The summed E-state index contributed by atoms with van der Waals surface area (Å²) in [6.07, 6.45) is 1.19. The number of hydrogen-bond donors (Lipinski definition) is 1. The molecule has 1 saturated heterocycles. The highest BCUT2D eigenvalue weighted by molar-refractivity contribution is 6.00. The number of nitrogens with zero attached hydrogens (tertiary/aromatic N) is 1. The van der Waals surface area contributed by atoms with Crippen molar-refractivity contribution in [3.63, 3.8) is 0 Å². The number of methoxy groups -OCH3 is 2. The fourth-order valence-corrected chi connectivity index (χ4v) is 3.57. The topological polar surface area (TPSA) is 102 Å². The van der Waals surface area contributed by atoms with E-state index in [0.29, 0.717) is 24.9 Å². The molecule has 0 radical (unpaired) electrons. The van der Waals surface area contributed by atoms with Crippen LogP contribution in [0.25, 0.3) is 0 Å². The summed E-state index contributed by atoms with van der Waals surface area (Å²) in [5, 5.41) is 2.72. The number of ether oxygens (including phenoxy) is 2. The van der Waals surface area contributed by atoms with E-state index < -0.39 is 23.7 Å². The Morgan fingerprint density at radius 3 is 2.09 bits per heavy atom. The third-order valence-corrected chi connectivity index (χ3v) is 5.21. The van der Waals surface area contributed by atoms with Crippen molar-refractivity contribution in [1.29, 1.82) is 0 Å². The first-order chi connectivity index (χ1) is 15.3. The number of piperidine rings is 1. The van der Waals surface area contributed by atoms with Crippen molar-refractivity contribution in [2.24, 2.45) is 5.92 Å². The molecule has 0 aliphatic carbocycles. The van der Waals surface area contributed by atoms with Gasteiger partial charge in [0.15, 0.2) is 0 Å². The van der Waals surface area contributed by atoms with Gasteiger partial charge in [0, 0.05) is 24.3 Å². The number of benzene rings is 2. The normalized spacial score (nSPS) is 15.6. The second-order valence-electron chi connectivity index (χ2n) is 7.37. The molecular formula is C23H23FN2O6. The predicted molar refractivity (Wildman–Crippen MR) is 113 cm³/mol. The van der Waals surface area contributed by atoms with Gasteiger partial charge in [-0.3, -0.25) is 9.59 Å². The smallest absolute Gasteiger partial charge is 0.337 e. The van der Waals surface area contributed by atoms with E-state index in [4.69, 9.17) is 9.47 Å². The van der Waals surface area contributed by atoms with Crippen molar-refractivity contribution in [2.45, 2.75) is 12.8 Å². The molecule has 0 spiro atoms. The highest BCUT2D eigenvalue weighted by Gasteiger charge is 2.29. The minimum Gasteiger partial charge on any atom is -0.465 e. The zero-order valence-electron chi connectivity index (χ0n) is 17.7. The molecule has 2 aromatic carbocycles. The lowest BCUT2D eigenvalue weighted by Crippen LogP contribution is -2.43. The van der Waals surface area contributed by atoms with E-state index >= 15 is 0 Å². The van der Waals surface area contributed by atoms with Crippen molar-refractivity contribution >= 4 is 29.4 Å². The molecule has 1 N–H and O–H groups in total. The standard InChI is InChI=1S/C23H23FN2O6/c1-31-22(29)16-10-17(23(30)32-2)12-19(11-16)25-20(27)15-4-3-9-26(13-15)21(28)14-5-7-18(24)8-6-14/h5-8,10-12,15H,3-4,9,13H2,1-2H3,(H,25,27). The van der Waals surface area contributed by atoms with Gasteiger partial charge in [0.1, 0.15) is 5.82 Å². The van der Waals surface area contributed by atoms with Crippen LogP contribution in [0, 0.1) is 11.7 Å². The molecule has 0 saturated carbocycles. The van der Waals surface area contributed by atoms with Gasteiger partial charge < -0.3 is 19.7 Å². The number of halogens is 1. The fourth-order valence-electron chi connectivity index (χ4n) is 3.57. The lowest BCUT2D eigenvalue weighted by molar-refractivity contribution is -0.121. The number of anilines is 1. The number of hydrogen-bond acceptors (Lipinski definition) is 6. The molecule has 1 fully saturated rings. The molecule has 1 aliphatic heterocycles. The van der Waals surface area contributed by atoms with Crippen molar-refractivity contribution < 1.29 is 33.0 Å². The lowest BCUT2D eigenvalue weighted by atomic mass is 9.96. The summed E-state index contributed by atoms with van der Waals surface area (Å²) in [7, 11) is 2.42. The van der Waals surface area contributed by atoms with Crippen LogP contribution in [0.2, 0.25) is 0 Å². The molecule has 2 aromatic rings. The van der Waals surface area contributed by atoms with E-state index in [-0.39, 0.29) is 35.2 Å². The first-order valence-electron chi connectivity index (χ1n) is 9.99. The summed E-state index contributed by atoms with van der Waals surface area (Å²) in [5.41, 5.74) is 0.756. The maximum absolute atomic E-state index is 13.1. The van der Waals surface area contributed by atoms with Gasteiger partial charge in [-0.1, -0.05) is 0 Å². The van der Waals surface area contributed by atoms with E-state index in [2.05, 4.69) is 5.32 Å². The lowest BCUT2D eigenvalue weighted by Gasteiger charge is -2.32. The molecule has 2 amide bonds. The molecule has 0 aromatic heterocycles. The van der Waals surface area contributed by atoms with E-state index in [0.717, 1.165) is 0 Å². The number of amides is 2. The Morgan fingerprint density at radius 1 is 0.938 bits per heavy atom. The summed E-state index contributed by atoms with van der Waals surface area (Å²) in [4.78, 5) is 51.0. The minimum absolute atomic E-state index is 0.0856. The predicted octanol–water partition coefficient (Wildman–Crippen LogP) is 2.89. The van der Waals surface area contributed by atoms with Crippen molar-refractivity contribution in [3.8, 4) is 0 Å². The molecular weight excluding hydrogens is 419 g/mol. The molecule has 8 nitrogen and oxygen atoms in total. The highest BCUT2D eigenvalue weighted by Crippen LogP contribution is 2.22. The number of esters is 2. The van der Waals surface area contributed by atoms with Crippen LogP contribution in [0.15, 0.2) is 42.5 Å². The van der Waals surface area contributed by atoms with Crippen molar-refractivity contribution in [3.05, 3.63) is 65.0 Å². The van der Waals surface area contributed by atoms with Gasteiger partial charge >= 0.3 is 11.9 Å². The molecule has 1 heterocycles. The Hall–Kier alpha value is -3.75. The van der Waals surface area contributed by atoms with Crippen LogP contribution in [0.1, 0.15) is 43.9 Å². The molecule has 1 aliphatic rings. The Morgan fingerprint density at radius 2 is 1.53 bits per heavy atom. The molecule has 1 unspecified atom stereocenters. The van der Waals surface area contributed by atoms with Crippen LogP contribution in [0.3, 0.4) is 0 Å². The highest BCUT2D eigenvalue weighted by atomic mass is 19.1. The van der Waals surface area contributed by atoms with Crippen LogP contribution in [-0.2, 0) is 14.3 Å². The Kier molecular flexibility index (Phi) is 7.19. The van der Waals surface area contributed by atoms with Crippen molar-refractivity contribution in [1.82, 2.24) is 4.90 Å². The number of likely N-dealkylation sites (tertiary alicyclic amines) is 1. The quantitative estimate of drug-likeness (QED) is 0.715. The number of carbonyl (C=O) groups is 4. The van der Waals surface area contributed by atoms with Crippen molar-refractivity contribution in [2.75, 3.05) is 32.6 Å². The summed E-state index contributed by atoms with van der Waals surface area (Å²) in [5.74, 6) is -2.88. The first-order valence-corrected chi connectivity index (χ1v) is 9.99. The molecule has 3 rings (SSSR count). The van der Waals surface area contributed by atoms with Crippen LogP contribution < -0.4 is 5.32 Å². The second kappa shape index (κ2) is 10.0. The van der Waals surface area contributed by atoms with Gasteiger partial charge in [0.25, 0.3) is 5.91 Å². The van der Waals surface area contributed by atoms with E-state index in [1.54, 1.807) is 4.90 Å². The van der Waals surface area contributed by atoms with E-state index in [1.807, 2.05) is 0 Å². The van der Waals surface area contributed by atoms with Crippen LogP contribution in [0.4, 0.5) is 10.1 Å². The Bertz CT molecular complexity index is 1000. The monoisotopic (exact) mass is 442 g/mol. The summed E-state index contributed by atoms with van der Waals surface area (Å²) < 4.78 is 22.5. The van der Waals surface area contributed by atoms with Gasteiger partial charge in [-0.05, 0) is 55.3 Å². The number of nitrogens with one attached hydrogen (secondary N) is 1. The summed E-state index contributed by atoms with van der Waals surface area (Å²) in [6, 6.07) is 9.38. The second-order valence-corrected chi connectivity index (χ2v) is 7.37. The van der Waals surface area contributed by atoms with Crippen LogP contribution in [-0.4, -0.2) is 56.0 Å². The van der Waals surface area contributed by atoms with Crippen LogP contribution in [0.5, 0.6) is 0 Å². The zero-order chi connectivity index (χ0) is 23.3. The van der Waals surface area contributed by atoms with E-state index in [9.17, 15) is 23.6 Å². The van der Waals surface area contributed by atoms with Gasteiger partial charge in [0.05, 0.1) is 31.3 Å². The summed E-state index contributed by atoms with van der Waals surface area (Å²) >= 11 is 0. The number of rotatable bonds is 5.